The van der Waals surface area contributed by atoms with Crippen LogP contribution in [0.15, 0.2) is 52.6 Å². The lowest BCUT2D eigenvalue weighted by atomic mass is 9.69. The maximum absolute atomic E-state index is 3.66. The van der Waals surface area contributed by atoms with Crippen molar-refractivity contribution in [2.24, 2.45) is 5.92 Å². The van der Waals surface area contributed by atoms with E-state index in [1.54, 1.807) is 0 Å². The molecule has 0 aliphatic heterocycles. The average molecular weight is 283 g/mol. The number of hydrogen-bond acceptors (Lipinski definition) is 0. The normalized spacial score (nSPS) is 26.8. The molecule has 0 bridgehead atoms. The molecule has 0 nitrogen and oxygen atoms in total. The maximum Gasteiger partial charge on any atom is 0.0251 e. The molecule has 0 spiro atoms. The van der Waals surface area contributed by atoms with Gasteiger partial charge >= 0.3 is 0 Å². The summed E-state index contributed by atoms with van der Waals surface area (Å²) >= 11 is 3.66. The van der Waals surface area contributed by atoms with Crippen molar-refractivity contribution in [2.45, 2.75) is 5.92 Å². The van der Waals surface area contributed by atoms with Crippen LogP contribution in [0.25, 0.3) is 12.2 Å². The standard InChI is InChI=1S/C16H11Br/c17-14-9-7-12-5-4-10-2-1-3-11-6-8-13(14)16(12)15(10)11/h1-10,15H. The first-order valence-corrected chi connectivity index (χ1v) is 6.71. The molecule has 0 amide bonds. The summed E-state index contributed by atoms with van der Waals surface area (Å²) in [5.41, 5.74) is 5.66. The van der Waals surface area contributed by atoms with E-state index in [9.17, 15) is 0 Å². The van der Waals surface area contributed by atoms with Crippen LogP contribution >= 0.6 is 15.9 Å². The Balaban J connectivity index is 2.09. The summed E-state index contributed by atoms with van der Waals surface area (Å²) in [5.74, 6) is 1.05. The number of hydrogen-bond donors (Lipinski definition) is 0. The first kappa shape index (κ1) is 9.67. The quantitative estimate of drug-likeness (QED) is 0.647. The van der Waals surface area contributed by atoms with Crippen LogP contribution in [0.1, 0.15) is 22.6 Å². The molecule has 0 heterocycles. The topological polar surface area (TPSA) is 0 Å². The zero-order chi connectivity index (χ0) is 11.4. The molecule has 3 aliphatic carbocycles. The Morgan fingerprint density at radius 1 is 1.00 bits per heavy atom. The summed E-state index contributed by atoms with van der Waals surface area (Å²) in [6.45, 7) is 0. The third-order valence-corrected chi connectivity index (χ3v) is 4.58. The van der Waals surface area contributed by atoms with Crippen LogP contribution in [0.5, 0.6) is 0 Å². The zero-order valence-electron chi connectivity index (χ0n) is 9.23. The Hall–Kier alpha value is -1.34. The number of benzene rings is 1. The first-order chi connectivity index (χ1) is 8.34. The van der Waals surface area contributed by atoms with Crippen LogP contribution in [0.4, 0.5) is 0 Å². The number of halogens is 1. The van der Waals surface area contributed by atoms with E-state index in [0.717, 1.165) is 0 Å². The maximum atomic E-state index is 3.66. The van der Waals surface area contributed by atoms with Crippen molar-refractivity contribution < 1.29 is 0 Å². The molecule has 3 aliphatic rings. The van der Waals surface area contributed by atoms with Crippen molar-refractivity contribution in [3.05, 3.63) is 69.2 Å². The summed E-state index contributed by atoms with van der Waals surface area (Å²) < 4.78 is 1.20. The van der Waals surface area contributed by atoms with Gasteiger partial charge in [0.2, 0.25) is 0 Å². The van der Waals surface area contributed by atoms with Gasteiger partial charge in [0, 0.05) is 16.3 Å². The van der Waals surface area contributed by atoms with Crippen LogP contribution in [0.2, 0.25) is 0 Å². The molecular weight excluding hydrogens is 272 g/mol. The predicted molar refractivity (Wildman–Crippen MR) is 75.7 cm³/mol. The van der Waals surface area contributed by atoms with E-state index in [4.69, 9.17) is 0 Å². The van der Waals surface area contributed by atoms with E-state index in [0.29, 0.717) is 11.8 Å². The van der Waals surface area contributed by atoms with Gasteiger partial charge < -0.3 is 0 Å². The second-order valence-corrected chi connectivity index (χ2v) is 5.62. The molecule has 1 heteroatoms. The second kappa shape index (κ2) is 3.33. The number of allylic oxidation sites excluding steroid dienone is 6. The minimum atomic E-state index is 0.525. The molecule has 0 N–H and O–H groups in total. The highest BCUT2D eigenvalue weighted by Gasteiger charge is 2.32. The average Bonchev–Trinajstić information content (AvgIpc) is 2.38. The van der Waals surface area contributed by atoms with Crippen LogP contribution in [0, 0.1) is 5.92 Å². The molecule has 1 aromatic carbocycles. The SMILES string of the molecule is Brc1ccc2c3c1C=CC1=CC=CC(C=C2)C13. The Kier molecular flexibility index (Phi) is 1.89. The Labute approximate surface area is 109 Å². The largest absolute Gasteiger partial charge is 0.0767 e. The molecule has 82 valence electrons. The first-order valence-electron chi connectivity index (χ1n) is 5.92. The highest BCUT2D eigenvalue weighted by atomic mass is 79.9. The zero-order valence-corrected chi connectivity index (χ0v) is 10.8. The Morgan fingerprint density at radius 2 is 1.94 bits per heavy atom. The van der Waals surface area contributed by atoms with Crippen LogP contribution in [-0.2, 0) is 0 Å². The van der Waals surface area contributed by atoms with E-state index in [1.165, 1.54) is 26.7 Å². The predicted octanol–water partition coefficient (Wildman–Crippen LogP) is 4.70. The summed E-state index contributed by atoms with van der Waals surface area (Å²) in [4.78, 5) is 0. The van der Waals surface area contributed by atoms with Crippen molar-refractivity contribution in [3.8, 4) is 0 Å². The van der Waals surface area contributed by atoms with Gasteiger partial charge in [-0.15, -0.1) is 0 Å². The second-order valence-electron chi connectivity index (χ2n) is 4.76. The van der Waals surface area contributed by atoms with Gasteiger partial charge in [-0.2, -0.15) is 0 Å². The molecular formula is C16H11Br. The lowest BCUT2D eigenvalue weighted by Gasteiger charge is -2.35. The van der Waals surface area contributed by atoms with Crippen molar-refractivity contribution in [1.29, 1.82) is 0 Å². The van der Waals surface area contributed by atoms with E-state index in [-0.39, 0.29) is 0 Å². The molecule has 1 aromatic rings. The van der Waals surface area contributed by atoms with Crippen LogP contribution in [-0.4, -0.2) is 0 Å². The third kappa shape index (κ3) is 1.23. The molecule has 0 radical (unpaired) electrons. The summed E-state index contributed by atoms with van der Waals surface area (Å²) in [7, 11) is 0. The van der Waals surface area contributed by atoms with E-state index in [2.05, 4.69) is 70.6 Å². The van der Waals surface area contributed by atoms with Gasteiger partial charge in [-0.05, 0) is 28.3 Å². The minimum absolute atomic E-state index is 0.525. The monoisotopic (exact) mass is 282 g/mol. The lowest BCUT2D eigenvalue weighted by molar-refractivity contribution is 0.664. The molecule has 0 fully saturated rings. The van der Waals surface area contributed by atoms with Crippen LogP contribution < -0.4 is 0 Å². The Morgan fingerprint density at radius 3 is 2.88 bits per heavy atom. The molecule has 2 atom stereocenters. The molecule has 4 rings (SSSR count). The van der Waals surface area contributed by atoms with Crippen molar-refractivity contribution in [2.75, 3.05) is 0 Å². The van der Waals surface area contributed by atoms with Crippen molar-refractivity contribution >= 4 is 28.1 Å². The summed E-state index contributed by atoms with van der Waals surface area (Å²) in [5, 5.41) is 0. The van der Waals surface area contributed by atoms with Gasteiger partial charge in [0.25, 0.3) is 0 Å². The number of rotatable bonds is 0. The fourth-order valence-corrected chi connectivity index (χ4v) is 3.59. The fraction of sp³-hybridized carbons (Fsp3) is 0.125. The highest BCUT2D eigenvalue weighted by Crippen LogP contribution is 2.48. The summed E-state index contributed by atoms with van der Waals surface area (Å²) in [6, 6.07) is 4.36. The molecule has 0 saturated carbocycles. The van der Waals surface area contributed by atoms with E-state index >= 15 is 0 Å². The smallest absolute Gasteiger partial charge is 0.0251 e. The Bertz CT molecular complexity index is 629. The van der Waals surface area contributed by atoms with Gasteiger partial charge in [-0.3, -0.25) is 0 Å². The van der Waals surface area contributed by atoms with Crippen molar-refractivity contribution in [1.82, 2.24) is 0 Å². The molecule has 0 aromatic heterocycles. The van der Waals surface area contributed by atoms with Gasteiger partial charge in [0.05, 0.1) is 0 Å². The summed E-state index contributed by atoms with van der Waals surface area (Å²) in [6.07, 6.45) is 15.8. The van der Waals surface area contributed by atoms with E-state index < -0.39 is 0 Å². The fourth-order valence-electron chi connectivity index (χ4n) is 3.11. The van der Waals surface area contributed by atoms with E-state index in [1.807, 2.05) is 0 Å². The highest BCUT2D eigenvalue weighted by molar-refractivity contribution is 9.10. The van der Waals surface area contributed by atoms with Gasteiger partial charge in [-0.25, -0.2) is 0 Å². The molecule has 0 saturated heterocycles. The molecule has 17 heavy (non-hydrogen) atoms. The minimum Gasteiger partial charge on any atom is -0.0767 e. The van der Waals surface area contributed by atoms with Crippen molar-refractivity contribution in [3.63, 3.8) is 0 Å². The lowest BCUT2D eigenvalue weighted by Crippen LogP contribution is -2.20. The van der Waals surface area contributed by atoms with Gasteiger partial charge in [0.15, 0.2) is 0 Å². The van der Waals surface area contributed by atoms with Crippen LogP contribution in [0.3, 0.4) is 0 Å². The van der Waals surface area contributed by atoms with Gasteiger partial charge in [0.1, 0.15) is 0 Å². The molecule has 2 unspecified atom stereocenters. The third-order valence-electron chi connectivity index (χ3n) is 3.89. The van der Waals surface area contributed by atoms with Gasteiger partial charge in [-0.1, -0.05) is 64.5 Å².